The van der Waals surface area contributed by atoms with Gasteiger partial charge in [-0.1, -0.05) is 18.2 Å². The van der Waals surface area contributed by atoms with Crippen LogP contribution in [0.1, 0.15) is 87.2 Å². The fourth-order valence-electron chi connectivity index (χ4n) is 11.7. The van der Waals surface area contributed by atoms with E-state index in [0.717, 1.165) is 87.5 Å². The normalized spacial score (nSPS) is 22.9. The minimum Gasteiger partial charge on any atom is -0.491 e. The number of piperidine rings is 1. The Labute approximate surface area is 402 Å². The lowest BCUT2D eigenvalue weighted by Crippen LogP contribution is -2.55. The zero-order valence-electron chi connectivity index (χ0n) is 39.1. The number of amides is 1. The van der Waals surface area contributed by atoms with Gasteiger partial charge < -0.3 is 39.0 Å². The first-order valence-corrected chi connectivity index (χ1v) is 26.0. The van der Waals surface area contributed by atoms with Crippen LogP contribution in [-0.4, -0.2) is 111 Å². The lowest BCUT2D eigenvalue weighted by atomic mass is 9.60. The first-order valence-electron chi connectivity index (χ1n) is 24.5. The molecule has 11 rings (SSSR count). The molecule has 1 saturated carbocycles. The Morgan fingerprint density at radius 2 is 1.78 bits per heavy atom. The number of fused-ring (bicyclic) bond motifs is 3. The second kappa shape index (κ2) is 18.4. The van der Waals surface area contributed by atoms with Crippen LogP contribution in [0.15, 0.2) is 83.9 Å². The first-order chi connectivity index (χ1) is 33.4. The van der Waals surface area contributed by atoms with E-state index in [-0.39, 0.29) is 34.7 Å². The molecule has 0 radical (unpaired) electrons. The number of carbonyl (C=O) groups excluding carboxylic acids is 1. The number of rotatable bonds is 13. The number of para-hydroxylation sites is 1. The number of hydrogen-bond donors (Lipinski definition) is 3. The highest BCUT2D eigenvalue weighted by Crippen LogP contribution is 2.55. The van der Waals surface area contributed by atoms with Crippen molar-refractivity contribution in [1.29, 1.82) is 0 Å². The highest BCUT2D eigenvalue weighted by molar-refractivity contribution is 7.90. The molecule has 6 aliphatic rings. The van der Waals surface area contributed by atoms with Gasteiger partial charge in [0, 0.05) is 73.8 Å². The van der Waals surface area contributed by atoms with Crippen molar-refractivity contribution < 1.29 is 37.1 Å². The molecule has 17 nitrogen and oxygen atoms in total. The van der Waals surface area contributed by atoms with Crippen LogP contribution < -0.4 is 29.3 Å². The van der Waals surface area contributed by atoms with E-state index in [2.05, 4.69) is 62.9 Å². The van der Waals surface area contributed by atoms with Gasteiger partial charge in [0.15, 0.2) is 0 Å². The lowest BCUT2D eigenvalue weighted by molar-refractivity contribution is -0.384. The third-order valence-corrected chi connectivity index (χ3v) is 16.7. The Bertz CT molecular complexity index is 2850. The van der Waals surface area contributed by atoms with Crippen LogP contribution in [0.3, 0.4) is 0 Å². The van der Waals surface area contributed by atoms with Crippen LogP contribution in [0.2, 0.25) is 0 Å². The number of sulfonamides is 1. The predicted molar refractivity (Wildman–Crippen MR) is 261 cm³/mol. The SMILES string of the molecule is CC(C)Oc1ccccc1[C@@H]1CCCN1C1CC2(CCN(c3ccc(C(=O)NS(=O)(=O)c4ccc(NCC5CCOCC5)c([N+](=O)[O-])c4)c(N4c5cc6cc[nH]c6nc5O[C@H]5COC[C@H]54)c3)CC2)C1. The van der Waals surface area contributed by atoms with E-state index in [1.807, 2.05) is 29.2 Å². The predicted octanol–water partition coefficient (Wildman–Crippen LogP) is 8.10. The van der Waals surface area contributed by atoms with Gasteiger partial charge >= 0.3 is 0 Å². The summed E-state index contributed by atoms with van der Waals surface area (Å²) in [5.41, 5.74) is 4.13. The van der Waals surface area contributed by atoms with Crippen LogP contribution in [-0.2, 0) is 19.5 Å². The fourth-order valence-corrected chi connectivity index (χ4v) is 12.7. The van der Waals surface area contributed by atoms with Crippen molar-refractivity contribution in [3.05, 3.63) is 100 Å². The summed E-state index contributed by atoms with van der Waals surface area (Å²) < 4.78 is 54.5. The molecule has 69 heavy (non-hydrogen) atoms. The number of aromatic nitrogens is 2. The summed E-state index contributed by atoms with van der Waals surface area (Å²) in [7, 11) is -4.59. The monoisotopic (exact) mass is 960 g/mol. The molecule has 18 heteroatoms. The number of ether oxygens (including phenoxy) is 4. The van der Waals surface area contributed by atoms with E-state index in [1.165, 1.54) is 24.1 Å². The highest BCUT2D eigenvalue weighted by Gasteiger charge is 2.50. The Hall–Kier alpha value is -5.95. The molecule has 0 bridgehead atoms. The number of aromatic amines is 1. The van der Waals surface area contributed by atoms with Crippen molar-refractivity contribution in [3.8, 4) is 11.6 Å². The molecule has 4 saturated heterocycles. The van der Waals surface area contributed by atoms with Gasteiger partial charge in [-0.15, -0.1) is 0 Å². The summed E-state index contributed by atoms with van der Waals surface area (Å²) in [4.78, 5) is 40.9. The number of pyridine rings is 1. The van der Waals surface area contributed by atoms with Crippen molar-refractivity contribution in [2.45, 2.75) is 100 Å². The van der Waals surface area contributed by atoms with E-state index in [1.54, 1.807) is 12.3 Å². The molecular formula is C51H60N8O9S. The quantitative estimate of drug-likeness (QED) is 0.0757. The lowest BCUT2D eigenvalue weighted by Gasteiger charge is -2.56. The van der Waals surface area contributed by atoms with E-state index in [4.69, 9.17) is 23.9 Å². The number of nitro benzene ring substituents is 1. The molecule has 3 N–H and O–H groups in total. The standard InChI is InChI=1S/C51H60N8O9S/c1-32(2)67-46-8-4-3-6-38(46)41-7-5-19-57(41)36-27-51(28-36)16-20-56(21-17-51)35-9-11-39(42(25-35)58-44-24-34-13-18-52-48(34)54-50(44)68-47-31-66-30-45(47)58)49(60)55-69(63,64)37-10-12-40(43(26-37)59(61)62)53-29-33-14-22-65-23-15-33/h3-4,6,8-13,18,24-26,32-33,36,41,45,47,53H,5,7,14-17,19-23,27-31H2,1-2H3,(H,52,54)(H,55,60)/t41-,45+,47-/m0/s1. The maximum atomic E-state index is 14.6. The van der Waals surface area contributed by atoms with Crippen LogP contribution >= 0.6 is 0 Å². The number of likely N-dealkylation sites (tertiary alicyclic amines) is 1. The molecule has 0 unspecified atom stereocenters. The van der Waals surface area contributed by atoms with Crippen LogP contribution in [0.4, 0.5) is 28.4 Å². The molecule has 1 spiro atoms. The Kier molecular flexibility index (Phi) is 12.1. The summed E-state index contributed by atoms with van der Waals surface area (Å²) in [5.74, 6) is 0.755. The summed E-state index contributed by atoms with van der Waals surface area (Å²) >= 11 is 0. The first kappa shape index (κ1) is 45.5. The number of nitro groups is 1. The number of hydrogen-bond acceptors (Lipinski definition) is 14. The van der Waals surface area contributed by atoms with E-state index in [9.17, 15) is 23.3 Å². The smallest absolute Gasteiger partial charge is 0.293 e. The van der Waals surface area contributed by atoms with Crippen molar-refractivity contribution in [3.63, 3.8) is 0 Å². The van der Waals surface area contributed by atoms with Gasteiger partial charge in [-0.05, 0) is 132 Å². The van der Waals surface area contributed by atoms with Gasteiger partial charge in [0.1, 0.15) is 28.9 Å². The van der Waals surface area contributed by atoms with Crippen LogP contribution in [0.5, 0.6) is 11.6 Å². The Balaban J connectivity index is 0.859. The minimum absolute atomic E-state index is 0.107. The molecular weight excluding hydrogens is 901 g/mol. The van der Waals surface area contributed by atoms with Crippen molar-refractivity contribution in [2.24, 2.45) is 11.3 Å². The van der Waals surface area contributed by atoms with Gasteiger partial charge in [0.2, 0.25) is 5.88 Å². The van der Waals surface area contributed by atoms with E-state index >= 15 is 0 Å². The van der Waals surface area contributed by atoms with Gasteiger partial charge in [-0.25, -0.2) is 13.1 Å². The molecule has 364 valence electrons. The van der Waals surface area contributed by atoms with Crippen LogP contribution in [0, 0.1) is 21.4 Å². The maximum absolute atomic E-state index is 14.6. The van der Waals surface area contributed by atoms with Gasteiger partial charge in [0.05, 0.1) is 46.4 Å². The molecule has 5 aromatic rings. The maximum Gasteiger partial charge on any atom is 0.293 e. The molecule has 5 aliphatic heterocycles. The van der Waals surface area contributed by atoms with Crippen molar-refractivity contribution >= 4 is 55.4 Å². The number of H-pyrrole nitrogens is 1. The second-order valence-corrected chi connectivity index (χ2v) is 21.7. The molecule has 2 aromatic heterocycles. The van der Waals surface area contributed by atoms with Crippen LogP contribution in [0.25, 0.3) is 11.0 Å². The summed E-state index contributed by atoms with van der Waals surface area (Å²) in [5, 5.41) is 16.3. The highest BCUT2D eigenvalue weighted by atomic mass is 32.2. The molecule has 3 atom stereocenters. The van der Waals surface area contributed by atoms with Crippen molar-refractivity contribution in [2.75, 3.05) is 67.7 Å². The van der Waals surface area contributed by atoms with E-state index in [0.29, 0.717) is 68.0 Å². The minimum atomic E-state index is -4.59. The third kappa shape index (κ3) is 8.85. The number of benzene rings is 3. The zero-order valence-corrected chi connectivity index (χ0v) is 39.9. The molecule has 5 fully saturated rings. The molecule has 1 amide bonds. The average Bonchev–Trinajstić information content (AvgIpc) is 4.13. The molecule has 7 heterocycles. The second-order valence-electron chi connectivity index (χ2n) is 20.0. The molecule has 3 aromatic carbocycles. The fraction of sp³-hybridized carbons (Fsp3) is 0.490. The summed E-state index contributed by atoms with van der Waals surface area (Å²) in [6.45, 7) is 9.28. The zero-order chi connectivity index (χ0) is 47.4. The van der Waals surface area contributed by atoms with Gasteiger partial charge in [0.25, 0.3) is 21.6 Å². The largest absolute Gasteiger partial charge is 0.491 e. The van der Waals surface area contributed by atoms with Gasteiger partial charge in [-0.2, -0.15) is 4.98 Å². The third-order valence-electron chi connectivity index (χ3n) is 15.4. The van der Waals surface area contributed by atoms with Crippen molar-refractivity contribution in [1.82, 2.24) is 19.6 Å². The molecule has 1 aliphatic carbocycles. The number of nitrogens with zero attached hydrogens (tertiary/aromatic N) is 5. The number of anilines is 4. The summed E-state index contributed by atoms with van der Waals surface area (Å²) in [6.07, 6.45) is 9.87. The van der Waals surface area contributed by atoms with Gasteiger partial charge in [-0.3, -0.25) is 19.8 Å². The number of nitrogens with one attached hydrogen (secondary N) is 3. The van der Waals surface area contributed by atoms with E-state index < -0.39 is 37.5 Å². The topological polar surface area (TPSA) is 194 Å². The number of carbonyl (C=O) groups is 1. The average molecular weight is 961 g/mol. The summed E-state index contributed by atoms with van der Waals surface area (Å²) in [6, 6.07) is 22.2. The Morgan fingerprint density at radius 3 is 2.58 bits per heavy atom. The Morgan fingerprint density at radius 1 is 0.971 bits per heavy atom.